The molecular weight excluding hydrogens is 212 g/mol. The van der Waals surface area contributed by atoms with Crippen molar-refractivity contribution in [1.29, 1.82) is 0 Å². The molecule has 0 amide bonds. The first-order valence-corrected chi connectivity index (χ1v) is 5.26. The molecule has 1 aromatic heterocycles. The first kappa shape index (κ1) is 10.9. The van der Waals surface area contributed by atoms with Gasteiger partial charge in [-0.05, 0) is 6.92 Å². The van der Waals surface area contributed by atoms with Crippen LogP contribution in [-0.4, -0.2) is 42.1 Å². The number of aromatic nitrogens is 2. The number of esters is 1. The average molecular weight is 226 g/mol. The fourth-order valence-corrected chi connectivity index (χ4v) is 1.49. The summed E-state index contributed by atoms with van der Waals surface area (Å²) in [6.07, 6.45) is 2.21. The number of hydrogen-bond donors (Lipinski definition) is 1. The van der Waals surface area contributed by atoms with Crippen LogP contribution >= 0.6 is 0 Å². The molecule has 6 heteroatoms. The van der Waals surface area contributed by atoms with Crippen LogP contribution in [0, 0.1) is 0 Å². The van der Waals surface area contributed by atoms with Crippen molar-refractivity contribution in [2.24, 2.45) is 0 Å². The molecule has 1 atom stereocenters. The molecule has 0 bridgehead atoms. The summed E-state index contributed by atoms with van der Waals surface area (Å²) in [6.45, 7) is 3.31. The van der Waals surface area contributed by atoms with E-state index >= 15 is 0 Å². The molecule has 0 radical (unpaired) electrons. The molecule has 2 rings (SSSR count). The molecule has 16 heavy (non-hydrogen) atoms. The van der Waals surface area contributed by atoms with Crippen LogP contribution in [0.3, 0.4) is 0 Å². The Kier molecular flexibility index (Phi) is 3.40. The molecule has 0 unspecified atom stereocenters. The minimum absolute atomic E-state index is 0.0198. The third kappa shape index (κ3) is 2.33. The monoisotopic (exact) mass is 226 g/mol. The third-order valence-corrected chi connectivity index (χ3v) is 2.27. The summed E-state index contributed by atoms with van der Waals surface area (Å²) in [4.78, 5) is 11.5. The van der Waals surface area contributed by atoms with Gasteiger partial charge in [-0.3, -0.25) is 0 Å². The van der Waals surface area contributed by atoms with E-state index in [1.807, 2.05) is 0 Å². The van der Waals surface area contributed by atoms with E-state index in [1.54, 1.807) is 6.92 Å². The van der Waals surface area contributed by atoms with Gasteiger partial charge in [0, 0.05) is 6.42 Å². The van der Waals surface area contributed by atoms with Crippen LogP contribution < -0.4 is 4.74 Å². The summed E-state index contributed by atoms with van der Waals surface area (Å²) < 4.78 is 15.6. The fraction of sp³-hybridized carbons (Fsp3) is 0.600. The Hall–Kier alpha value is -1.56. The van der Waals surface area contributed by atoms with Gasteiger partial charge in [0.05, 0.1) is 26.0 Å². The van der Waals surface area contributed by atoms with Crippen molar-refractivity contribution < 1.29 is 19.0 Å². The molecule has 88 valence electrons. The topological polar surface area (TPSA) is 73.4 Å². The largest absolute Gasteiger partial charge is 0.471 e. The molecule has 0 aromatic carbocycles. The van der Waals surface area contributed by atoms with E-state index in [9.17, 15) is 4.79 Å². The molecule has 2 heterocycles. The Labute approximate surface area is 92.9 Å². The van der Waals surface area contributed by atoms with E-state index in [2.05, 4.69) is 10.2 Å². The zero-order chi connectivity index (χ0) is 11.4. The van der Waals surface area contributed by atoms with Gasteiger partial charge < -0.3 is 14.2 Å². The summed E-state index contributed by atoms with van der Waals surface area (Å²) in [5.74, 6) is -0.0703. The second kappa shape index (κ2) is 4.98. The van der Waals surface area contributed by atoms with E-state index in [-0.39, 0.29) is 6.10 Å². The average Bonchev–Trinajstić information content (AvgIpc) is 2.90. The molecule has 1 aliphatic heterocycles. The molecule has 0 spiro atoms. The second-order valence-corrected chi connectivity index (χ2v) is 3.44. The molecule has 0 aliphatic carbocycles. The Balaban J connectivity index is 2.03. The SMILES string of the molecule is CCOC(=O)c1cn[nH]c1O[C@@H]1CCOC1. The summed E-state index contributed by atoms with van der Waals surface area (Å²) in [5.41, 5.74) is 0.328. The summed E-state index contributed by atoms with van der Waals surface area (Å²) in [7, 11) is 0. The lowest BCUT2D eigenvalue weighted by molar-refractivity contribution is 0.0517. The van der Waals surface area contributed by atoms with Crippen molar-refractivity contribution in [3.8, 4) is 5.88 Å². The molecule has 6 nitrogen and oxygen atoms in total. The molecule has 1 aromatic rings. The smallest absolute Gasteiger partial charge is 0.345 e. The van der Waals surface area contributed by atoms with Crippen LogP contribution in [0.2, 0.25) is 0 Å². The van der Waals surface area contributed by atoms with E-state index in [0.717, 1.165) is 6.42 Å². The van der Waals surface area contributed by atoms with Crippen molar-refractivity contribution in [3.05, 3.63) is 11.8 Å². The Morgan fingerprint density at radius 1 is 1.75 bits per heavy atom. The molecule has 1 saturated heterocycles. The Morgan fingerprint density at radius 2 is 2.62 bits per heavy atom. The van der Waals surface area contributed by atoms with Gasteiger partial charge >= 0.3 is 5.97 Å². The van der Waals surface area contributed by atoms with Crippen molar-refractivity contribution in [1.82, 2.24) is 10.2 Å². The lowest BCUT2D eigenvalue weighted by atomic mass is 10.3. The first-order chi connectivity index (χ1) is 7.81. The van der Waals surface area contributed by atoms with Crippen LogP contribution in [0.15, 0.2) is 6.20 Å². The lowest BCUT2D eigenvalue weighted by Crippen LogP contribution is -2.17. The Bertz CT molecular complexity index is 357. The quantitative estimate of drug-likeness (QED) is 0.767. The first-order valence-electron chi connectivity index (χ1n) is 5.26. The van der Waals surface area contributed by atoms with Gasteiger partial charge in [-0.1, -0.05) is 0 Å². The van der Waals surface area contributed by atoms with Gasteiger partial charge in [-0.15, -0.1) is 0 Å². The van der Waals surface area contributed by atoms with E-state index < -0.39 is 5.97 Å². The highest BCUT2D eigenvalue weighted by Gasteiger charge is 2.22. The van der Waals surface area contributed by atoms with Gasteiger partial charge in [-0.25, -0.2) is 9.89 Å². The minimum atomic E-state index is -0.426. The maximum absolute atomic E-state index is 11.5. The number of nitrogens with one attached hydrogen (secondary N) is 1. The number of H-pyrrole nitrogens is 1. The normalized spacial score (nSPS) is 19.7. The fourth-order valence-electron chi connectivity index (χ4n) is 1.49. The number of aromatic amines is 1. The predicted molar refractivity (Wildman–Crippen MR) is 54.4 cm³/mol. The van der Waals surface area contributed by atoms with Crippen molar-refractivity contribution in [3.63, 3.8) is 0 Å². The zero-order valence-electron chi connectivity index (χ0n) is 9.06. The number of carbonyl (C=O) groups excluding carboxylic acids is 1. The maximum Gasteiger partial charge on any atom is 0.345 e. The van der Waals surface area contributed by atoms with Crippen LogP contribution in [0.5, 0.6) is 5.88 Å². The van der Waals surface area contributed by atoms with Crippen LogP contribution in [0.25, 0.3) is 0 Å². The summed E-state index contributed by atoms with van der Waals surface area (Å²) in [6, 6.07) is 0. The second-order valence-electron chi connectivity index (χ2n) is 3.44. The van der Waals surface area contributed by atoms with Crippen LogP contribution in [-0.2, 0) is 9.47 Å². The number of nitrogens with zero attached hydrogens (tertiary/aromatic N) is 1. The van der Waals surface area contributed by atoms with Gasteiger partial charge in [0.25, 0.3) is 0 Å². The maximum atomic E-state index is 11.5. The highest BCUT2D eigenvalue weighted by molar-refractivity contribution is 5.91. The molecule has 0 saturated carbocycles. The predicted octanol–water partition coefficient (Wildman–Crippen LogP) is 0.754. The summed E-state index contributed by atoms with van der Waals surface area (Å²) in [5, 5.41) is 6.42. The number of rotatable bonds is 4. The summed E-state index contributed by atoms with van der Waals surface area (Å²) >= 11 is 0. The third-order valence-electron chi connectivity index (χ3n) is 2.27. The lowest BCUT2D eigenvalue weighted by Gasteiger charge is -2.10. The van der Waals surface area contributed by atoms with Crippen LogP contribution in [0.4, 0.5) is 0 Å². The van der Waals surface area contributed by atoms with E-state index in [4.69, 9.17) is 14.2 Å². The Morgan fingerprint density at radius 3 is 3.31 bits per heavy atom. The highest BCUT2D eigenvalue weighted by atomic mass is 16.6. The van der Waals surface area contributed by atoms with Crippen molar-refractivity contribution >= 4 is 5.97 Å². The van der Waals surface area contributed by atoms with Gasteiger partial charge in [0.2, 0.25) is 5.88 Å². The van der Waals surface area contributed by atoms with Gasteiger partial charge in [-0.2, -0.15) is 5.10 Å². The molecule has 1 N–H and O–H groups in total. The van der Waals surface area contributed by atoms with E-state index in [1.165, 1.54) is 6.20 Å². The van der Waals surface area contributed by atoms with E-state index in [0.29, 0.717) is 31.3 Å². The van der Waals surface area contributed by atoms with Crippen molar-refractivity contribution in [2.45, 2.75) is 19.4 Å². The highest BCUT2D eigenvalue weighted by Crippen LogP contribution is 2.19. The minimum Gasteiger partial charge on any atom is -0.471 e. The molecule has 1 fully saturated rings. The molecular formula is C10H14N2O4. The van der Waals surface area contributed by atoms with Gasteiger partial charge in [0.1, 0.15) is 11.7 Å². The standard InChI is InChI=1S/C10H14N2O4/c1-2-15-10(13)8-5-11-12-9(8)16-7-3-4-14-6-7/h5,7H,2-4,6H2,1H3,(H,11,12)/t7-/m1/s1. The van der Waals surface area contributed by atoms with Crippen LogP contribution in [0.1, 0.15) is 23.7 Å². The molecule has 1 aliphatic rings. The zero-order valence-corrected chi connectivity index (χ0v) is 9.06. The number of hydrogen-bond acceptors (Lipinski definition) is 5. The van der Waals surface area contributed by atoms with Crippen molar-refractivity contribution in [2.75, 3.05) is 19.8 Å². The number of carbonyl (C=O) groups is 1. The number of ether oxygens (including phenoxy) is 3. The van der Waals surface area contributed by atoms with Gasteiger partial charge in [0.15, 0.2) is 0 Å².